The van der Waals surface area contributed by atoms with Gasteiger partial charge in [-0.05, 0) is 36.6 Å². The summed E-state index contributed by atoms with van der Waals surface area (Å²) in [6, 6.07) is 6.31. The van der Waals surface area contributed by atoms with Crippen LogP contribution in [0.4, 0.5) is 11.4 Å². The summed E-state index contributed by atoms with van der Waals surface area (Å²) in [4.78, 5) is 2.20. The molecule has 0 spiro atoms. The second kappa shape index (κ2) is 16.7. The Balaban J connectivity index is 1.90. The van der Waals surface area contributed by atoms with E-state index in [1.165, 1.54) is 114 Å². The largest absolute Gasteiger partial charge is 0.399 e. The zero-order valence-corrected chi connectivity index (χ0v) is 19.3. The van der Waals surface area contributed by atoms with Crippen LogP contribution in [0.25, 0.3) is 0 Å². The molecule has 0 unspecified atom stereocenters. The van der Waals surface area contributed by atoms with Crippen LogP contribution >= 0.6 is 0 Å². The van der Waals surface area contributed by atoms with Crippen LogP contribution in [0.15, 0.2) is 18.2 Å². The van der Waals surface area contributed by atoms with E-state index in [0.29, 0.717) is 0 Å². The first-order chi connectivity index (χ1) is 13.6. The highest BCUT2D eigenvalue weighted by Crippen LogP contribution is 2.23. The SMILES string of the molecule is CCCCCCCCCCCCCCCCCCc1cc(N)ccc1N(C)C. The Labute approximate surface area is 176 Å². The van der Waals surface area contributed by atoms with Crippen molar-refractivity contribution >= 4 is 11.4 Å². The molecule has 1 aromatic carbocycles. The minimum absolute atomic E-state index is 0.886. The van der Waals surface area contributed by atoms with Crippen LogP contribution in [0.2, 0.25) is 0 Å². The topological polar surface area (TPSA) is 29.3 Å². The van der Waals surface area contributed by atoms with Crippen LogP contribution in [-0.2, 0) is 6.42 Å². The predicted octanol–water partition coefficient (Wildman–Crippen LogP) is 8.14. The average Bonchev–Trinajstić information content (AvgIpc) is 2.67. The fourth-order valence-electron chi connectivity index (χ4n) is 4.11. The molecule has 0 aliphatic heterocycles. The maximum Gasteiger partial charge on any atom is 0.0395 e. The van der Waals surface area contributed by atoms with Crippen molar-refractivity contribution in [1.29, 1.82) is 0 Å². The molecule has 0 radical (unpaired) electrons. The van der Waals surface area contributed by atoms with E-state index in [0.717, 1.165) is 12.1 Å². The van der Waals surface area contributed by atoms with E-state index >= 15 is 0 Å². The lowest BCUT2D eigenvalue weighted by atomic mass is 10.0. The highest BCUT2D eigenvalue weighted by atomic mass is 15.1. The van der Waals surface area contributed by atoms with Crippen LogP contribution in [0, 0.1) is 0 Å². The van der Waals surface area contributed by atoms with Gasteiger partial charge in [-0.3, -0.25) is 0 Å². The van der Waals surface area contributed by atoms with Gasteiger partial charge in [0.1, 0.15) is 0 Å². The Morgan fingerprint density at radius 2 is 1.07 bits per heavy atom. The highest BCUT2D eigenvalue weighted by Gasteiger charge is 2.05. The van der Waals surface area contributed by atoms with Gasteiger partial charge in [0.2, 0.25) is 0 Å². The molecular weight excluding hydrogens is 340 g/mol. The first-order valence-corrected chi connectivity index (χ1v) is 12.2. The summed E-state index contributed by atoms with van der Waals surface area (Å²) in [7, 11) is 4.23. The van der Waals surface area contributed by atoms with Gasteiger partial charge in [-0.25, -0.2) is 0 Å². The summed E-state index contributed by atoms with van der Waals surface area (Å²) >= 11 is 0. The van der Waals surface area contributed by atoms with Crippen molar-refractivity contribution in [2.45, 2.75) is 116 Å². The Hall–Kier alpha value is -1.18. The van der Waals surface area contributed by atoms with Gasteiger partial charge in [-0.2, -0.15) is 0 Å². The fourth-order valence-corrected chi connectivity index (χ4v) is 4.11. The number of hydrogen-bond acceptors (Lipinski definition) is 2. The first kappa shape index (κ1) is 24.9. The average molecular weight is 389 g/mol. The zero-order chi connectivity index (χ0) is 20.5. The molecule has 0 heterocycles. The number of nitrogens with zero attached hydrogens (tertiary/aromatic N) is 1. The third-order valence-corrected chi connectivity index (χ3v) is 5.89. The molecule has 1 aromatic rings. The van der Waals surface area contributed by atoms with E-state index in [1.807, 2.05) is 6.07 Å². The Kier molecular flexibility index (Phi) is 14.9. The van der Waals surface area contributed by atoms with Gasteiger partial charge in [0.15, 0.2) is 0 Å². The molecule has 28 heavy (non-hydrogen) atoms. The zero-order valence-electron chi connectivity index (χ0n) is 19.3. The highest BCUT2D eigenvalue weighted by molar-refractivity contribution is 5.59. The van der Waals surface area contributed by atoms with E-state index < -0.39 is 0 Å². The molecule has 0 aliphatic rings. The van der Waals surface area contributed by atoms with Crippen molar-refractivity contribution in [3.63, 3.8) is 0 Å². The van der Waals surface area contributed by atoms with Gasteiger partial charge < -0.3 is 10.6 Å². The summed E-state index contributed by atoms with van der Waals surface area (Å²) in [6.07, 6.45) is 23.9. The third kappa shape index (κ3) is 12.3. The van der Waals surface area contributed by atoms with Crippen molar-refractivity contribution in [3.8, 4) is 0 Å². The second-order valence-corrected chi connectivity index (χ2v) is 8.84. The van der Waals surface area contributed by atoms with Crippen LogP contribution in [0.3, 0.4) is 0 Å². The summed E-state index contributed by atoms with van der Waals surface area (Å²) in [6.45, 7) is 2.29. The number of hydrogen-bond donors (Lipinski definition) is 1. The number of unbranched alkanes of at least 4 members (excludes halogenated alkanes) is 15. The van der Waals surface area contributed by atoms with E-state index in [9.17, 15) is 0 Å². The molecule has 2 heteroatoms. The molecule has 0 saturated carbocycles. The van der Waals surface area contributed by atoms with Crippen LogP contribution in [0.1, 0.15) is 115 Å². The maximum absolute atomic E-state index is 5.97. The summed E-state index contributed by atoms with van der Waals surface area (Å²) in [5, 5.41) is 0. The molecule has 162 valence electrons. The van der Waals surface area contributed by atoms with Gasteiger partial charge in [0.25, 0.3) is 0 Å². The van der Waals surface area contributed by atoms with Crippen molar-refractivity contribution in [2.24, 2.45) is 0 Å². The molecule has 0 atom stereocenters. The molecule has 0 bridgehead atoms. The number of benzene rings is 1. The molecule has 0 aliphatic carbocycles. The van der Waals surface area contributed by atoms with Crippen molar-refractivity contribution < 1.29 is 0 Å². The molecule has 0 aromatic heterocycles. The van der Waals surface area contributed by atoms with Crippen LogP contribution in [0.5, 0.6) is 0 Å². The number of aryl methyl sites for hydroxylation is 1. The molecule has 0 saturated heterocycles. The van der Waals surface area contributed by atoms with Crippen LogP contribution < -0.4 is 10.6 Å². The Bertz CT molecular complexity index is 481. The molecule has 1 rings (SSSR count). The normalized spacial score (nSPS) is 11.1. The molecule has 2 nitrogen and oxygen atoms in total. The lowest BCUT2D eigenvalue weighted by molar-refractivity contribution is 0.529. The van der Waals surface area contributed by atoms with Gasteiger partial charge in [-0.15, -0.1) is 0 Å². The van der Waals surface area contributed by atoms with E-state index in [1.54, 1.807) is 0 Å². The minimum Gasteiger partial charge on any atom is -0.399 e. The fraction of sp³-hybridized carbons (Fsp3) is 0.769. The van der Waals surface area contributed by atoms with E-state index in [-0.39, 0.29) is 0 Å². The second-order valence-electron chi connectivity index (χ2n) is 8.84. The Morgan fingerprint density at radius 1 is 0.643 bits per heavy atom. The van der Waals surface area contributed by atoms with Crippen molar-refractivity contribution in [1.82, 2.24) is 0 Å². The van der Waals surface area contributed by atoms with E-state index in [4.69, 9.17) is 5.73 Å². The third-order valence-electron chi connectivity index (χ3n) is 5.89. The molecule has 0 fully saturated rings. The molecule has 0 amide bonds. The standard InChI is InChI=1S/C26H48N2/c1-4-5-6-7-8-9-10-11-12-13-14-15-16-17-18-19-20-24-23-25(27)21-22-26(24)28(2)3/h21-23H,4-20,27H2,1-3H3. The number of nitrogens with two attached hydrogens (primary N) is 1. The summed E-state index contributed by atoms with van der Waals surface area (Å²) in [5.41, 5.74) is 9.57. The summed E-state index contributed by atoms with van der Waals surface area (Å²) in [5.74, 6) is 0. The Morgan fingerprint density at radius 3 is 1.50 bits per heavy atom. The van der Waals surface area contributed by atoms with Crippen LogP contribution in [-0.4, -0.2) is 14.1 Å². The number of rotatable bonds is 18. The number of nitrogen functional groups attached to an aromatic ring is 1. The number of anilines is 2. The predicted molar refractivity (Wildman–Crippen MR) is 128 cm³/mol. The lowest BCUT2D eigenvalue weighted by Gasteiger charge is -2.18. The smallest absolute Gasteiger partial charge is 0.0395 e. The van der Waals surface area contributed by atoms with Gasteiger partial charge in [-0.1, -0.05) is 103 Å². The van der Waals surface area contributed by atoms with Gasteiger partial charge in [0.05, 0.1) is 0 Å². The van der Waals surface area contributed by atoms with Gasteiger partial charge in [0, 0.05) is 25.5 Å². The van der Waals surface area contributed by atoms with E-state index in [2.05, 4.69) is 38.1 Å². The molecule has 2 N–H and O–H groups in total. The van der Waals surface area contributed by atoms with Gasteiger partial charge >= 0.3 is 0 Å². The maximum atomic E-state index is 5.97. The first-order valence-electron chi connectivity index (χ1n) is 12.2. The lowest BCUT2D eigenvalue weighted by Crippen LogP contribution is -2.11. The quantitative estimate of drug-likeness (QED) is 0.203. The van der Waals surface area contributed by atoms with Crippen molar-refractivity contribution in [3.05, 3.63) is 23.8 Å². The minimum atomic E-state index is 0.886. The monoisotopic (exact) mass is 388 g/mol. The molecular formula is C26H48N2. The summed E-state index contributed by atoms with van der Waals surface area (Å²) < 4.78 is 0. The van der Waals surface area contributed by atoms with Crippen molar-refractivity contribution in [2.75, 3.05) is 24.7 Å².